The van der Waals surface area contributed by atoms with Gasteiger partial charge in [-0.3, -0.25) is 0 Å². The molecule has 0 saturated heterocycles. The molecule has 0 aliphatic heterocycles. The van der Waals surface area contributed by atoms with E-state index >= 15 is 0 Å². The van der Waals surface area contributed by atoms with E-state index in [0.717, 1.165) is 19.3 Å². The first kappa shape index (κ1) is 15.2. The predicted molar refractivity (Wildman–Crippen MR) is 71.2 cm³/mol. The van der Waals surface area contributed by atoms with Crippen molar-refractivity contribution in [3.05, 3.63) is 12.2 Å². The molecule has 0 heterocycles. The van der Waals surface area contributed by atoms with Gasteiger partial charge < -0.3 is 15.2 Å². The molecule has 4 heteroatoms. The molecular formula is C14H25NO3. The molecule has 1 rings (SSSR count). The van der Waals surface area contributed by atoms with Crippen molar-refractivity contribution in [1.29, 1.82) is 0 Å². The highest BCUT2D eigenvalue weighted by atomic mass is 16.5. The van der Waals surface area contributed by atoms with Crippen molar-refractivity contribution in [1.82, 2.24) is 5.32 Å². The summed E-state index contributed by atoms with van der Waals surface area (Å²) in [6.45, 7) is 5.53. The van der Waals surface area contributed by atoms with E-state index in [9.17, 15) is 9.90 Å². The maximum atomic E-state index is 11.0. The van der Waals surface area contributed by atoms with Gasteiger partial charge >= 0.3 is 5.97 Å². The van der Waals surface area contributed by atoms with Gasteiger partial charge in [0.15, 0.2) is 0 Å². The van der Waals surface area contributed by atoms with Crippen molar-refractivity contribution in [2.24, 2.45) is 5.92 Å². The van der Waals surface area contributed by atoms with E-state index in [1.54, 1.807) is 13.0 Å². The lowest BCUT2D eigenvalue weighted by atomic mass is 9.79. The van der Waals surface area contributed by atoms with Gasteiger partial charge in [-0.05, 0) is 25.7 Å². The first-order valence-corrected chi connectivity index (χ1v) is 6.82. The summed E-state index contributed by atoms with van der Waals surface area (Å²) in [7, 11) is 0. The molecule has 0 bridgehead atoms. The number of aliphatic hydroxyl groups is 1. The monoisotopic (exact) mass is 255 g/mol. The second-order valence-corrected chi connectivity index (χ2v) is 5.21. The smallest absolute Gasteiger partial charge is 0.330 e. The van der Waals surface area contributed by atoms with Crippen LogP contribution in [0.25, 0.3) is 0 Å². The van der Waals surface area contributed by atoms with Crippen LogP contribution < -0.4 is 5.32 Å². The van der Waals surface area contributed by atoms with Crippen molar-refractivity contribution in [3.8, 4) is 0 Å². The third kappa shape index (κ3) is 5.65. The highest BCUT2D eigenvalue weighted by Crippen LogP contribution is 2.31. The maximum absolute atomic E-state index is 11.0. The Balaban J connectivity index is 2.19. The highest BCUT2D eigenvalue weighted by molar-refractivity contribution is 5.81. The Morgan fingerprint density at radius 1 is 1.61 bits per heavy atom. The Hall–Kier alpha value is -0.870. The Kier molecular flexibility index (Phi) is 6.36. The lowest BCUT2D eigenvalue weighted by Crippen LogP contribution is -2.44. The molecule has 1 fully saturated rings. The van der Waals surface area contributed by atoms with Gasteiger partial charge in [-0.1, -0.05) is 25.8 Å². The molecular weight excluding hydrogens is 230 g/mol. The van der Waals surface area contributed by atoms with Crippen molar-refractivity contribution >= 4 is 5.97 Å². The molecule has 0 aromatic rings. The van der Waals surface area contributed by atoms with Gasteiger partial charge in [0.05, 0.1) is 12.2 Å². The van der Waals surface area contributed by atoms with Crippen LogP contribution in [0.4, 0.5) is 0 Å². The zero-order chi connectivity index (χ0) is 13.4. The van der Waals surface area contributed by atoms with Gasteiger partial charge in [0.1, 0.15) is 0 Å². The van der Waals surface area contributed by atoms with E-state index in [1.165, 1.54) is 12.5 Å². The largest absolute Gasteiger partial charge is 0.463 e. The number of esters is 1. The van der Waals surface area contributed by atoms with Crippen LogP contribution in [-0.4, -0.2) is 36.4 Å². The molecule has 104 valence electrons. The first-order valence-electron chi connectivity index (χ1n) is 6.82. The fourth-order valence-corrected chi connectivity index (χ4v) is 2.53. The number of carbonyl (C=O) groups is 1. The van der Waals surface area contributed by atoms with Crippen molar-refractivity contribution in [2.75, 3.05) is 19.7 Å². The highest BCUT2D eigenvalue weighted by Gasteiger charge is 2.31. The zero-order valence-corrected chi connectivity index (χ0v) is 11.4. The van der Waals surface area contributed by atoms with Crippen molar-refractivity contribution < 1.29 is 14.6 Å². The number of nitrogens with one attached hydrogen (secondary N) is 1. The standard InChI is InChI=1S/C14H25NO3/c1-3-18-13(16)7-5-9-15-11-14(17)8-4-6-12(2)10-14/h5,7,12,15,17H,3-4,6,8-11H2,1-2H3/b7-5+. The fraction of sp³-hybridized carbons (Fsp3) is 0.786. The van der Waals surface area contributed by atoms with Crippen LogP contribution in [0.3, 0.4) is 0 Å². The van der Waals surface area contributed by atoms with Crippen LogP contribution in [0, 0.1) is 5.92 Å². The molecule has 0 spiro atoms. The summed E-state index contributed by atoms with van der Waals surface area (Å²) in [5.74, 6) is 0.282. The van der Waals surface area contributed by atoms with Crippen LogP contribution in [0.1, 0.15) is 39.5 Å². The Labute approximate surface area is 109 Å². The summed E-state index contributed by atoms with van der Waals surface area (Å²) < 4.78 is 4.77. The van der Waals surface area contributed by atoms with Gasteiger partial charge in [0.25, 0.3) is 0 Å². The van der Waals surface area contributed by atoms with E-state index in [4.69, 9.17) is 4.74 Å². The van der Waals surface area contributed by atoms with Gasteiger partial charge in [-0.2, -0.15) is 0 Å². The second-order valence-electron chi connectivity index (χ2n) is 5.21. The number of hydrogen-bond donors (Lipinski definition) is 2. The second kappa shape index (κ2) is 7.54. The van der Waals surface area contributed by atoms with Gasteiger partial charge in [0.2, 0.25) is 0 Å². The number of rotatable bonds is 6. The molecule has 2 N–H and O–H groups in total. The minimum Gasteiger partial charge on any atom is -0.463 e. The van der Waals surface area contributed by atoms with E-state index in [1.807, 2.05) is 0 Å². The van der Waals surface area contributed by atoms with Crippen molar-refractivity contribution in [2.45, 2.75) is 45.1 Å². The van der Waals surface area contributed by atoms with Gasteiger partial charge in [-0.15, -0.1) is 0 Å². The lowest BCUT2D eigenvalue weighted by molar-refractivity contribution is -0.137. The summed E-state index contributed by atoms with van der Waals surface area (Å²) >= 11 is 0. The van der Waals surface area contributed by atoms with Crippen LogP contribution in [0.5, 0.6) is 0 Å². The van der Waals surface area contributed by atoms with Crippen LogP contribution in [0.2, 0.25) is 0 Å². The summed E-state index contributed by atoms with van der Waals surface area (Å²) in [6.07, 6.45) is 7.19. The average molecular weight is 255 g/mol. The molecule has 2 unspecified atom stereocenters. The molecule has 0 aromatic carbocycles. The van der Waals surface area contributed by atoms with Crippen molar-refractivity contribution in [3.63, 3.8) is 0 Å². The van der Waals surface area contributed by atoms with E-state index < -0.39 is 5.60 Å². The number of hydrogen-bond acceptors (Lipinski definition) is 4. The molecule has 1 saturated carbocycles. The topological polar surface area (TPSA) is 58.6 Å². The quantitative estimate of drug-likeness (QED) is 0.430. The van der Waals surface area contributed by atoms with Crippen LogP contribution in [0.15, 0.2) is 12.2 Å². The summed E-state index contributed by atoms with van der Waals surface area (Å²) in [6, 6.07) is 0. The zero-order valence-electron chi connectivity index (χ0n) is 11.4. The van der Waals surface area contributed by atoms with E-state index in [2.05, 4.69) is 12.2 Å². The van der Waals surface area contributed by atoms with Crippen LogP contribution in [-0.2, 0) is 9.53 Å². The van der Waals surface area contributed by atoms with Gasteiger partial charge in [0, 0.05) is 19.2 Å². The summed E-state index contributed by atoms with van der Waals surface area (Å²) in [5, 5.41) is 13.5. The molecule has 0 aromatic heterocycles. The summed E-state index contributed by atoms with van der Waals surface area (Å²) in [4.78, 5) is 11.0. The summed E-state index contributed by atoms with van der Waals surface area (Å²) in [5.41, 5.74) is -0.574. The van der Waals surface area contributed by atoms with Gasteiger partial charge in [-0.25, -0.2) is 4.79 Å². The fourth-order valence-electron chi connectivity index (χ4n) is 2.53. The van der Waals surface area contributed by atoms with E-state index in [0.29, 0.717) is 25.6 Å². The third-order valence-corrected chi connectivity index (χ3v) is 3.32. The predicted octanol–water partition coefficient (Wildman–Crippen LogP) is 1.64. The molecule has 18 heavy (non-hydrogen) atoms. The SMILES string of the molecule is CCOC(=O)/C=C/CNCC1(O)CCCC(C)C1. The molecule has 0 amide bonds. The molecule has 1 aliphatic rings. The third-order valence-electron chi connectivity index (χ3n) is 3.32. The average Bonchev–Trinajstić information content (AvgIpc) is 2.28. The molecule has 4 nitrogen and oxygen atoms in total. The van der Waals surface area contributed by atoms with Crippen LogP contribution >= 0.6 is 0 Å². The molecule has 2 atom stereocenters. The Morgan fingerprint density at radius 2 is 2.39 bits per heavy atom. The first-order chi connectivity index (χ1) is 8.56. The van der Waals surface area contributed by atoms with E-state index in [-0.39, 0.29) is 5.97 Å². The Bertz CT molecular complexity index is 291. The Morgan fingerprint density at radius 3 is 3.06 bits per heavy atom. The minimum absolute atomic E-state index is 0.315. The minimum atomic E-state index is -0.574. The maximum Gasteiger partial charge on any atom is 0.330 e. The number of ether oxygens (including phenoxy) is 1. The number of carbonyl (C=O) groups excluding carboxylic acids is 1. The normalized spacial score (nSPS) is 28.5. The lowest BCUT2D eigenvalue weighted by Gasteiger charge is -2.35. The molecule has 0 radical (unpaired) electrons. The molecule has 1 aliphatic carbocycles.